The summed E-state index contributed by atoms with van der Waals surface area (Å²) in [5, 5.41) is 0. The molecule has 0 fully saturated rings. The van der Waals surface area contributed by atoms with Gasteiger partial charge in [0, 0.05) is 19.0 Å². The van der Waals surface area contributed by atoms with Gasteiger partial charge in [-0.1, -0.05) is 6.92 Å². The normalized spacial score (nSPS) is 18.6. The van der Waals surface area contributed by atoms with E-state index in [2.05, 4.69) is 0 Å². The lowest BCUT2D eigenvalue weighted by Crippen LogP contribution is -2.42. The summed E-state index contributed by atoms with van der Waals surface area (Å²) in [7, 11) is 1.69. The van der Waals surface area contributed by atoms with Crippen molar-refractivity contribution in [2.24, 2.45) is 0 Å². The Morgan fingerprint density at radius 3 is 2.82 bits per heavy atom. The third-order valence-electron chi connectivity index (χ3n) is 2.95. The van der Waals surface area contributed by atoms with Crippen molar-refractivity contribution in [2.75, 3.05) is 11.9 Å². The van der Waals surface area contributed by atoms with Crippen molar-refractivity contribution in [3.05, 3.63) is 23.8 Å². The number of amides is 1. The van der Waals surface area contributed by atoms with Gasteiger partial charge in [0.05, 0.1) is 5.69 Å². The van der Waals surface area contributed by atoms with Crippen LogP contribution < -0.4 is 9.64 Å². The predicted molar refractivity (Wildman–Crippen MR) is 64.6 cm³/mol. The van der Waals surface area contributed by atoms with Crippen molar-refractivity contribution in [3.63, 3.8) is 0 Å². The van der Waals surface area contributed by atoms with Gasteiger partial charge in [-0.3, -0.25) is 9.59 Å². The number of likely N-dealkylation sites (N-methyl/N-ethyl adjacent to an activating group) is 1. The number of hydrogen-bond acceptors (Lipinski definition) is 3. The molecule has 1 unspecified atom stereocenters. The fourth-order valence-corrected chi connectivity index (χ4v) is 1.89. The van der Waals surface area contributed by atoms with Gasteiger partial charge in [-0.2, -0.15) is 0 Å². The quantitative estimate of drug-likeness (QED) is 0.734. The molecule has 1 aromatic carbocycles. The number of nitrogens with zero attached hydrogens (tertiary/aromatic N) is 1. The highest BCUT2D eigenvalue weighted by Gasteiger charge is 2.29. The van der Waals surface area contributed by atoms with Gasteiger partial charge in [-0.05, 0) is 25.1 Å². The lowest BCUT2D eigenvalue weighted by molar-refractivity contribution is -0.125. The van der Waals surface area contributed by atoms with Crippen LogP contribution in [0.4, 0.5) is 5.69 Å². The molecule has 0 saturated heterocycles. The number of rotatable bonds is 2. The van der Waals surface area contributed by atoms with E-state index < -0.39 is 6.10 Å². The maximum Gasteiger partial charge on any atom is 0.267 e. The van der Waals surface area contributed by atoms with Crippen LogP contribution >= 0.6 is 0 Å². The first-order valence-corrected chi connectivity index (χ1v) is 5.66. The molecule has 0 aromatic heterocycles. The number of carbonyl (C=O) groups excluding carboxylic acids is 2. The fraction of sp³-hybridized carbons (Fsp3) is 0.385. The van der Waals surface area contributed by atoms with E-state index in [0.29, 0.717) is 23.4 Å². The zero-order valence-corrected chi connectivity index (χ0v) is 10.2. The van der Waals surface area contributed by atoms with E-state index in [1.807, 2.05) is 6.92 Å². The number of ketones is 1. The minimum absolute atomic E-state index is 0.0623. The molecule has 0 bridgehead atoms. The van der Waals surface area contributed by atoms with Crippen molar-refractivity contribution in [3.8, 4) is 5.75 Å². The molecule has 1 aromatic rings. The number of Topliss-reactive ketones (excluding diaryl/α,β-unsaturated/α-hetero) is 1. The molecule has 0 aliphatic carbocycles. The summed E-state index contributed by atoms with van der Waals surface area (Å²) in [6, 6.07) is 5.20. The Morgan fingerprint density at radius 1 is 1.47 bits per heavy atom. The maximum absolute atomic E-state index is 11.8. The van der Waals surface area contributed by atoms with Crippen LogP contribution in [0, 0.1) is 0 Å². The average molecular weight is 233 g/mol. The zero-order chi connectivity index (χ0) is 12.6. The predicted octanol–water partition coefficient (Wildman–Crippen LogP) is 2.02. The Balaban J connectivity index is 2.45. The van der Waals surface area contributed by atoms with Gasteiger partial charge in [0.25, 0.3) is 5.91 Å². The Kier molecular flexibility index (Phi) is 2.88. The SMILES string of the molecule is CCC(=O)c1ccc2c(c1)N(C)C(=O)C(C)O2. The topological polar surface area (TPSA) is 46.6 Å². The van der Waals surface area contributed by atoms with E-state index >= 15 is 0 Å². The van der Waals surface area contributed by atoms with Crippen LogP contribution in [0.5, 0.6) is 5.75 Å². The van der Waals surface area contributed by atoms with Gasteiger partial charge in [0.15, 0.2) is 11.9 Å². The van der Waals surface area contributed by atoms with Crippen molar-refractivity contribution in [1.82, 2.24) is 0 Å². The van der Waals surface area contributed by atoms with Crippen LogP contribution in [-0.2, 0) is 4.79 Å². The highest BCUT2D eigenvalue weighted by atomic mass is 16.5. The minimum atomic E-state index is -0.472. The monoisotopic (exact) mass is 233 g/mol. The highest BCUT2D eigenvalue weighted by Crippen LogP contribution is 2.34. The van der Waals surface area contributed by atoms with Crippen LogP contribution in [0.15, 0.2) is 18.2 Å². The average Bonchev–Trinajstić information content (AvgIpc) is 2.35. The van der Waals surface area contributed by atoms with Gasteiger partial charge in [0.2, 0.25) is 0 Å². The number of fused-ring (bicyclic) bond motifs is 1. The van der Waals surface area contributed by atoms with E-state index in [1.54, 1.807) is 32.2 Å². The van der Waals surface area contributed by atoms with Crippen LogP contribution in [-0.4, -0.2) is 24.8 Å². The summed E-state index contributed by atoms with van der Waals surface area (Å²) in [5.74, 6) is 0.609. The first-order chi connectivity index (χ1) is 8.04. The Bertz CT molecular complexity index is 482. The van der Waals surface area contributed by atoms with Crippen molar-refractivity contribution < 1.29 is 14.3 Å². The number of benzene rings is 1. The zero-order valence-electron chi connectivity index (χ0n) is 10.2. The molecular weight excluding hydrogens is 218 g/mol. The second kappa shape index (κ2) is 4.20. The Labute approximate surface area is 100 Å². The Morgan fingerprint density at radius 2 is 2.18 bits per heavy atom. The first-order valence-electron chi connectivity index (χ1n) is 5.66. The lowest BCUT2D eigenvalue weighted by atomic mass is 10.1. The smallest absolute Gasteiger partial charge is 0.267 e. The third kappa shape index (κ3) is 1.90. The second-order valence-electron chi connectivity index (χ2n) is 4.12. The van der Waals surface area contributed by atoms with E-state index in [4.69, 9.17) is 4.74 Å². The van der Waals surface area contributed by atoms with Gasteiger partial charge in [-0.15, -0.1) is 0 Å². The summed E-state index contributed by atoms with van der Waals surface area (Å²) < 4.78 is 5.48. The van der Waals surface area contributed by atoms with Crippen molar-refractivity contribution in [2.45, 2.75) is 26.4 Å². The molecule has 1 amide bonds. The molecule has 1 atom stereocenters. The molecule has 2 rings (SSSR count). The molecule has 0 spiro atoms. The largest absolute Gasteiger partial charge is 0.479 e. The molecule has 17 heavy (non-hydrogen) atoms. The van der Waals surface area contributed by atoms with Gasteiger partial charge in [0.1, 0.15) is 5.75 Å². The summed E-state index contributed by atoms with van der Waals surface area (Å²) in [5.41, 5.74) is 1.27. The van der Waals surface area contributed by atoms with Crippen LogP contribution in [0.2, 0.25) is 0 Å². The molecular formula is C13H15NO3. The summed E-state index contributed by atoms with van der Waals surface area (Å²) in [6.07, 6.45) is -0.0199. The third-order valence-corrected chi connectivity index (χ3v) is 2.95. The number of ether oxygens (including phenoxy) is 1. The van der Waals surface area contributed by atoms with Crippen molar-refractivity contribution >= 4 is 17.4 Å². The first kappa shape index (κ1) is 11.6. The van der Waals surface area contributed by atoms with Crippen LogP contribution in [0.3, 0.4) is 0 Å². The number of carbonyl (C=O) groups is 2. The van der Waals surface area contributed by atoms with Crippen LogP contribution in [0.25, 0.3) is 0 Å². The van der Waals surface area contributed by atoms with E-state index in [9.17, 15) is 9.59 Å². The molecule has 90 valence electrons. The highest BCUT2D eigenvalue weighted by molar-refractivity contribution is 6.02. The molecule has 0 N–H and O–H groups in total. The lowest BCUT2D eigenvalue weighted by Gasteiger charge is -2.30. The molecule has 0 radical (unpaired) electrons. The molecule has 4 nitrogen and oxygen atoms in total. The Hall–Kier alpha value is -1.84. The molecule has 1 heterocycles. The van der Waals surface area contributed by atoms with E-state index in [0.717, 1.165) is 0 Å². The number of anilines is 1. The van der Waals surface area contributed by atoms with E-state index in [1.165, 1.54) is 4.90 Å². The molecule has 1 aliphatic heterocycles. The summed E-state index contributed by atoms with van der Waals surface area (Å²) in [6.45, 7) is 3.53. The fourth-order valence-electron chi connectivity index (χ4n) is 1.89. The molecule has 1 aliphatic rings. The molecule has 4 heteroatoms. The minimum Gasteiger partial charge on any atom is -0.479 e. The summed E-state index contributed by atoms with van der Waals surface area (Å²) in [4.78, 5) is 24.9. The van der Waals surface area contributed by atoms with Gasteiger partial charge < -0.3 is 9.64 Å². The maximum atomic E-state index is 11.8. The van der Waals surface area contributed by atoms with Gasteiger partial charge in [-0.25, -0.2) is 0 Å². The van der Waals surface area contributed by atoms with Crippen molar-refractivity contribution in [1.29, 1.82) is 0 Å². The number of hydrogen-bond donors (Lipinski definition) is 0. The summed E-state index contributed by atoms with van der Waals surface area (Å²) >= 11 is 0. The second-order valence-corrected chi connectivity index (χ2v) is 4.12. The van der Waals surface area contributed by atoms with Gasteiger partial charge >= 0.3 is 0 Å². The van der Waals surface area contributed by atoms with E-state index in [-0.39, 0.29) is 11.7 Å². The molecule has 0 saturated carbocycles. The standard InChI is InChI=1S/C13H15NO3/c1-4-11(15)9-5-6-12-10(7-9)14(3)13(16)8(2)17-12/h5-8H,4H2,1-3H3. The van der Waals surface area contributed by atoms with Crippen LogP contribution in [0.1, 0.15) is 30.6 Å².